The number of aromatic nitrogens is 1. The summed E-state index contributed by atoms with van der Waals surface area (Å²) in [5.74, 6) is 2.41. The van der Waals surface area contributed by atoms with Gasteiger partial charge in [-0.2, -0.15) is 0 Å². The zero-order valence-corrected chi connectivity index (χ0v) is 15.3. The first-order valence-electron chi connectivity index (χ1n) is 8.07. The van der Waals surface area contributed by atoms with Gasteiger partial charge in [0.05, 0.1) is 6.20 Å². The zero-order valence-electron chi connectivity index (χ0n) is 13.7. The summed E-state index contributed by atoms with van der Waals surface area (Å²) < 4.78 is 17.3. The van der Waals surface area contributed by atoms with Crippen molar-refractivity contribution in [3.8, 4) is 22.8 Å². The van der Waals surface area contributed by atoms with Gasteiger partial charge in [-0.05, 0) is 24.3 Å². The fourth-order valence-corrected chi connectivity index (χ4v) is 2.86. The van der Waals surface area contributed by atoms with Crippen LogP contribution in [0.15, 0.2) is 57.6 Å². The number of ether oxygens (including phenoxy) is 2. The second-order valence-corrected chi connectivity index (χ2v) is 6.66. The second kappa shape index (κ2) is 7.21. The molecule has 0 saturated carbocycles. The van der Waals surface area contributed by atoms with Gasteiger partial charge in [-0.3, -0.25) is 4.79 Å². The standard InChI is InChI=1S/C19H15BrN2O4/c20-13-3-1-12(2-4-13)17-10-21-19(26-17)8-7-18(23)22-14-5-6-15-16(9-14)25-11-24-15/h1-6,9-10H,7-8,11H2,(H,22,23). The Morgan fingerprint density at radius 3 is 2.77 bits per heavy atom. The Balaban J connectivity index is 1.34. The van der Waals surface area contributed by atoms with Crippen LogP contribution in [0.5, 0.6) is 11.5 Å². The van der Waals surface area contributed by atoms with Crippen LogP contribution in [0.25, 0.3) is 11.3 Å². The van der Waals surface area contributed by atoms with Gasteiger partial charge in [0.1, 0.15) is 0 Å². The number of halogens is 1. The Morgan fingerprint density at radius 1 is 1.12 bits per heavy atom. The van der Waals surface area contributed by atoms with E-state index < -0.39 is 0 Å². The SMILES string of the molecule is O=C(CCc1ncc(-c2ccc(Br)cc2)o1)Nc1ccc2c(c1)OCO2. The molecule has 0 aliphatic carbocycles. The predicted octanol–water partition coefficient (Wildman–Crippen LogP) is 4.40. The summed E-state index contributed by atoms with van der Waals surface area (Å²) in [5.41, 5.74) is 1.61. The summed E-state index contributed by atoms with van der Waals surface area (Å²) in [7, 11) is 0. The van der Waals surface area contributed by atoms with E-state index in [1.807, 2.05) is 24.3 Å². The van der Waals surface area contributed by atoms with Crippen molar-refractivity contribution in [2.75, 3.05) is 12.1 Å². The van der Waals surface area contributed by atoms with Crippen molar-refractivity contribution < 1.29 is 18.7 Å². The van der Waals surface area contributed by atoms with E-state index in [2.05, 4.69) is 26.2 Å². The minimum atomic E-state index is -0.118. The Hall–Kier alpha value is -2.80. The number of oxazole rings is 1. The topological polar surface area (TPSA) is 73.6 Å². The quantitative estimate of drug-likeness (QED) is 0.669. The summed E-state index contributed by atoms with van der Waals surface area (Å²) in [6.07, 6.45) is 2.37. The van der Waals surface area contributed by atoms with Crippen molar-refractivity contribution in [2.24, 2.45) is 0 Å². The largest absolute Gasteiger partial charge is 0.454 e. The van der Waals surface area contributed by atoms with Crippen molar-refractivity contribution in [1.82, 2.24) is 4.98 Å². The third-order valence-electron chi connectivity index (χ3n) is 3.90. The number of benzene rings is 2. The second-order valence-electron chi connectivity index (χ2n) is 5.74. The van der Waals surface area contributed by atoms with Crippen LogP contribution in [0.2, 0.25) is 0 Å². The number of nitrogens with one attached hydrogen (secondary N) is 1. The van der Waals surface area contributed by atoms with Crippen molar-refractivity contribution in [1.29, 1.82) is 0 Å². The number of fused-ring (bicyclic) bond motifs is 1. The Bertz CT molecular complexity index is 937. The van der Waals surface area contributed by atoms with Crippen molar-refractivity contribution in [3.05, 3.63) is 59.0 Å². The lowest BCUT2D eigenvalue weighted by atomic mass is 10.2. The number of nitrogens with zero attached hydrogens (tertiary/aromatic N) is 1. The number of carbonyl (C=O) groups is 1. The average Bonchev–Trinajstić information content (AvgIpc) is 3.29. The van der Waals surface area contributed by atoms with Crippen molar-refractivity contribution >= 4 is 27.5 Å². The lowest BCUT2D eigenvalue weighted by Crippen LogP contribution is -2.12. The molecule has 0 spiro atoms. The lowest BCUT2D eigenvalue weighted by molar-refractivity contribution is -0.116. The van der Waals surface area contributed by atoms with Gasteiger partial charge >= 0.3 is 0 Å². The van der Waals surface area contributed by atoms with E-state index in [0.29, 0.717) is 35.3 Å². The highest BCUT2D eigenvalue weighted by Gasteiger charge is 2.14. The zero-order chi connectivity index (χ0) is 17.9. The van der Waals surface area contributed by atoms with E-state index in [1.54, 1.807) is 24.4 Å². The predicted molar refractivity (Wildman–Crippen MR) is 99.2 cm³/mol. The van der Waals surface area contributed by atoms with Gasteiger partial charge in [0.25, 0.3) is 0 Å². The molecule has 2 heterocycles. The Kier molecular flexibility index (Phi) is 4.62. The number of rotatable bonds is 5. The number of hydrogen-bond donors (Lipinski definition) is 1. The number of aryl methyl sites for hydroxylation is 1. The van der Waals surface area contributed by atoms with Crippen LogP contribution in [-0.4, -0.2) is 17.7 Å². The van der Waals surface area contributed by atoms with E-state index >= 15 is 0 Å². The first-order valence-corrected chi connectivity index (χ1v) is 8.87. The first kappa shape index (κ1) is 16.7. The van der Waals surface area contributed by atoms with Crippen LogP contribution in [0.3, 0.4) is 0 Å². The smallest absolute Gasteiger partial charge is 0.231 e. The summed E-state index contributed by atoms with van der Waals surface area (Å²) in [6.45, 7) is 0.206. The summed E-state index contributed by atoms with van der Waals surface area (Å²) >= 11 is 3.40. The molecule has 26 heavy (non-hydrogen) atoms. The van der Waals surface area contributed by atoms with Crippen LogP contribution < -0.4 is 14.8 Å². The molecule has 6 nitrogen and oxygen atoms in total. The molecule has 0 radical (unpaired) electrons. The van der Waals surface area contributed by atoms with Gasteiger partial charge in [-0.1, -0.05) is 28.1 Å². The van der Waals surface area contributed by atoms with Gasteiger partial charge in [0.2, 0.25) is 12.7 Å². The molecule has 0 unspecified atom stereocenters. The van der Waals surface area contributed by atoms with Crippen LogP contribution in [0, 0.1) is 0 Å². The van der Waals surface area contributed by atoms with E-state index in [1.165, 1.54) is 0 Å². The first-order chi connectivity index (χ1) is 12.7. The maximum Gasteiger partial charge on any atom is 0.231 e. The van der Waals surface area contributed by atoms with Gasteiger partial charge in [-0.25, -0.2) is 4.98 Å². The normalized spacial score (nSPS) is 12.2. The number of hydrogen-bond acceptors (Lipinski definition) is 5. The van der Waals surface area contributed by atoms with Crippen LogP contribution in [-0.2, 0) is 11.2 Å². The molecular weight excluding hydrogens is 400 g/mol. The molecule has 1 aliphatic heterocycles. The van der Waals surface area contributed by atoms with Gasteiger partial charge in [-0.15, -0.1) is 0 Å². The Morgan fingerprint density at radius 2 is 1.92 bits per heavy atom. The summed E-state index contributed by atoms with van der Waals surface area (Å²) in [4.78, 5) is 16.4. The molecule has 2 aromatic carbocycles. The van der Waals surface area contributed by atoms with Gasteiger partial charge < -0.3 is 19.2 Å². The maximum atomic E-state index is 12.1. The Labute approximate surface area is 158 Å². The molecule has 0 bridgehead atoms. The van der Waals surface area contributed by atoms with E-state index in [4.69, 9.17) is 13.9 Å². The molecule has 132 valence electrons. The molecule has 1 aliphatic rings. The van der Waals surface area contributed by atoms with Crippen LogP contribution in [0.4, 0.5) is 5.69 Å². The number of anilines is 1. The lowest BCUT2D eigenvalue weighted by Gasteiger charge is -2.05. The summed E-state index contributed by atoms with van der Waals surface area (Å²) in [6, 6.07) is 13.1. The molecule has 0 atom stereocenters. The fraction of sp³-hybridized carbons (Fsp3) is 0.158. The molecule has 4 rings (SSSR count). The van der Waals surface area contributed by atoms with E-state index in [9.17, 15) is 4.79 Å². The molecule has 7 heteroatoms. The van der Waals surface area contributed by atoms with E-state index in [-0.39, 0.29) is 19.1 Å². The highest BCUT2D eigenvalue weighted by atomic mass is 79.9. The summed E-state index contributed by atoms with van der Waals surface area (Å²) in [5, 5.41) is 2.84. The van der Waals surface area contributed by atoms with Gasteiger partial charge in [0, 0.05) is 34.6 Å². The minimum absolute atomic E-state index is 0.118. The number of amides is 1. The molecule has 1 amide bonds. The monoisotopic (exact) mass is 414 g/mol. The molecule has 0 saturated heterocycles. The molecule has 1 N–H and O–H groups in total. The highest BCUT2D eigenvalue weighted by Crippen LogP contribution is 2.34. The van der Waals surface area contributed by atoms with Crippen molar-refractivity contribution in [3.63, 3.8) is 0 Å². The molecule has 0 fully saturated rings. The van der Waals surface area contributed by atoms with Crippen molar-refractivity contribution in [2.45, 2.75) is 12.8 Å². The van der Waals surface area contributed by atoms with Crippen LogP contribution >= 0.6 is 15.9 Å². The third-order valence-corrected chi connectivity index (χ3v) is 4.43. The van der Waals surface area contributed by atoms with Gasteiger partial charge in [0.15, 0.2) is 23.1 Å². The average molecular weight is 415 g/mol. The number of carbonyl (C=O) groups excluding carboxylic acids is 1. The maximum absolute atomic E-state index is 12.1. The molecule has 3 aromatic rings. The van der Waals surface area contributed by atoms with Crippen LogP contribution in [0.1, 0.15) is 12.3 Å². The molecular formula is C19H15BrN2O4. The highest BCUT2D eigenvalue weighted by molar-refractivity contribution is 9.10. The minimum Gasteiger partial charge on any atom is -0.454 e. The molecule has 1 aromatic heterocycles. The van der Waals surface area contributed by atoms with E-state index in [0.717, 1.165) is 10.0 Å². The third kappa shape index (κ3) is 3.72. The fourth-order valence-electron chi connectivity index (χ4n) is 2.59.